The second kappa shape index (κ2) is 7.07. The lowest BCUT2D eigenvalue weighted by Gasteiger charge is -2.13. The van der Waals surface area contributed by atoms with E-state index in [1.165, 1.54) is 6.42 Å². The van der Waals surface area contributed by atoms with Crippen molar-refractivity contribution in [2.75, 3.05) is 5.32 Å². The van der Waals surface area contributed by atoms with Crippen LogP contribution < -0.4 is 10.7 Å². The van der Waals surface area contributed by atoms with Gasteiger partial charge in [0.05, 0.1) is 0 Å². The second-order valence-electron chi connectivity index (χ2n) is 6.53. The van der Waals surface area contributed by atoms with Crippen molar-refractivity contribution in [3.05, 3.63) is 30.1 Å². The van der Waals surface area contributed by atoms with Crippen LogP contribution in [-0.2, 0) is 22.6 Å². The van der Waals surface area contributed by atoms with Crippen molar-refractivity contribution < 1.29 is 9.59 Å². The third kappa shape index (κ3) is 3.35. The molecule has 4 rings (SSSR count). The van der Waals surface area contributed by atoms with E-state index in [1.54, 1.807) is 0 Å². The molecule has 2 aliphatic rings. The fraction of sp³-hybridized carbons (Fsp3) is 0.389. The number of hydrazone groups is 1. The van der Waals surface area contributed by atoms with Crippen LogP contribution in [0.5, 0.6) is 0 Å². The van der Waals surface area contributed by atoms with Gasteiger partial charge in [-0.25, -0.2) is 5.43 Å². The fourth-order valence-corrected chi connectivity index (χ4v) is 3.28. The summed E-state index contributed by atoms with van der Waals surface area (Å²) in [6.45, 7) is 0.921. The quantitative estimate of drug-likeness (QED) is 0.880. The van der Waals surface area contributed by atoms with E-state index in [9.17, 15) is 9.59 Å². The monoisotopic (exact) mass is 352 g/mol. The van der Waals surface area contributed by atoms with Crippen LogP contribution in [0.3, 0.4) is 0 Å². The highest BCUT2D eigenvalue weighted by Gasteiger charge is 2.19. The minimum atomic E-state index is -0.303. The van der Waals surface area contributed by atoms with Crippen molar-refractivity contribution in [3.8, 4) is 11.4 Å². The Hall–Kier alpha value is -3.03. The van der Waals surface area contributed by atoms with E-state index in [-0.39, 0.29) is 18.2 Å². The Balaban J connectivity index is 1.55. The number of carbonyl (C=O) groups excluding carboxylic acids is 2. The molecule has 0 radical (unpaired) electrons. The summed E-state index contributed by atoms with van der Waals surface area (Å²) in [5, 5.41) is 15.4. The first-order valence-corrected chi connectivity index (χ1v) is 8.90. The fourth-order valence-electron chi connectivity index (χ4n) is 3.28. The van der Waals surface area contributed by atoms with E-state index < -0.39 is 0 Å². The van der Waals surface area contributed by atoms with Crippen molar-refractivity contribution >= 4 is 23.2 Å². The van der Waals surface area contributed by atoms with Gasteiger partial charge in [0.15, 0.2) is 5.82 Å². The van der Waals surface area contributed by atoms with E-state index >= 15 is 0 Å². The van der Waals surface area contributed by atoms with Gasteiger partial charge in [0, 0.05) is 37.1 Å². The highest BCUT2D eigenvalue weighted by molar-refractivity contribution is 6.43. The zero-order chi connectivity index (χ0) is 17.9. The molecular formula is C18H20N6O2. The number of nitrogens with zero attached hydrogens (tertiary/aromatic N) is 4. The molecule has 1 aromatic carbocycles. The molecule has 26 heavy (non-hydrogen) atoms. The lowest BCUT2D eigenvalue weighted by molar-refractivity contribution is -0.121. The number of benzene rings is 1. The van der Waals surface area contributed by atoms with Crippen LogP contribution in [0.25, 0.3) is 11.4 Å². The number of hydrogen-bond donors (Lipinski definition) is 2. The van der Waals surface area contributed by atoms with Crippen LogP contribution in [-0.4, -0.2) is 32.3 Å². The Labute approximate surface area is 150 Å². The third-order valence-corrected chi connectivity index (χ3v) is 4.65. The zero-order valence-corrected chi connectivity index (χ0v) is 14.4. The highest BCUT2D eigenvalue weighted by Crippen LogP contribution is 2.25. The number of amides is 2. The Bertz CT molecular complexity index is 886. The maximum atomic E-state index is 12.3. The van der Waals surface area contributed by atoms with Crippen LogP contribution in [0, 0.1) is 0 Å². The summed E-state index contributed by atoms with van der Waals surface area (Å²) in [5.41, 5.74) is 4.25. The summed E-state index contributed by atoms with van der Waals surface area (Å²) < 4.78 is 2.18. The van der Waals surface area contributed by atoms with Gasteiger partial charge in [0.25, 0.3) is 5.91 Å². The molecule has 0 saturated carbocycles. The van der Waals surface area contributed by atoms with Gasteiger partial charge >= 0.3 is 0 Å². The van der Waals surface area contributed by atoms with Gasteiger partial charge in [0.2, 0.25) is 5.91 Å². The summed E-state index contributed by atoms with van der Waals surface area (Å²) in [4.78, 5) is 23.5. The van der Waals surface area contributed by atoms with E-state index in [4.69, 9.17) is 0 Å². The van der Waals surface area contributed by atoms with Crippen molar-refractivity contribution in [2.24, 2.45) is 5.10 Å². The molecule has 3 heterocycles. The molecule has 2 amide bonds. The van der Waals surface area contributed by atoms with E-state index in [0.717, 1.165) is 43.0 Å². The first-order valence-electron chi connectivity index (χ1n) is 8.90. The highest BCUT2D eigenvalue weighted by atomic mass is 16.2. The molecule has 2 aliphatic heterocycles. The second-order valence-corrected chi connectivity index (χ2v) is 6.53. The number of rotatable bonds is 3. The Morgan fingerprint density at radius 2 is 2.04 bits per heavy atom. The number of aromatic nitrogens is 3. The predicted molar refractivity (Wildman–Crippen MR) is 96.5 cm³/mol. The minimum absolute atomic E-state index is 0.170. The molecule has 0 fully saturated rings. The molecular weight excluding hydrogens is 332 g/mol. The third-order valence-electron chi connectivity index (χ3n) is 4.65. The maximum absolute atomic E-state index is 12.3. The molecule has 2 N–H and O–H groups in total. The number of anilines is 1. The number of carbonyl (C=O) groups is 2. The average molecular weight is 352 g/mol. The Kier molecular flexibility index (Phi) is 4.47. The summed E-state index contributed by atoms with van der Waals surface area (Å²) in [6, 6.07) is 7.56. The first kappa shape index (κ1) is 16.4. The zero-order valence-electron chi connectivity index (χ0n) is 14.4. The van der Waals surface area contributed by atoms with Gasteiger partial charge in [-0.3, -0.25) is 9.59 Å². The maximum Gasteiger partial charge on any atom is 0.271 e. The lowest BCUT2D eigenvalue weighted by Crippen LogP contribution is -2.32. The number of fused-ring (bicyclic) bond motifs is 1. The summed E-state index contributed by atoms with van der Waals surface area (Å²) in [7, 11) is 0. The van der Waals surface area contributed by atoms with Crippen LogP contribution in [0.2, 0.25) is 0 Å². The van der Waals surface area contributed by atoms with Crippen molar-refractivity contribution in [1.82, 2.24) is 20.2 Å². The SMILES string of the molecule is O=C1CCC(C(=O)Nc2cccc(-c3nnc4n3CCCCC4)c2)=NN1. The van der Waals surface area contributed by atoms with Crippen molar-refractivity contribution in [2.45, 2.75) is 45.1 Å². The molecule has 8 heteroatoms. The van der Waals surface area contributed by atoms with Crippen molar-refractivity contribution in [1.29, 1.82) is 0 Å². The van der Waals surface area contributed by atoms with Crippen LogP contribution in [0.15, 0.2) is 29.4 Å². The average Bonchev–Trinajstić information content (AvgIpc) is 2.91. The normalized spacial score (nSPS) is 16.9. The Morgan fingerprint density at radius 1 is 1.12 bits per heavy atom. The minimum Gasteiger partial charge on any atom is -0.321 e. The molecule has 0 spiro atoms. The lowest BCUT2D eigenvalue weighted by atomic mass is 10.1. The van der Waals surface area contributed by atoms with E-state index in [0.29, 0.717) is 17.8 Å². The summed E-state index contributed by atoms with van der Waals surface area (Å²) in [6.07, 6.45) is 5.05. The predicted octanol–water partition coefficient (Wildman–Crippen LogP) is 1.88. The molecule has 0 atom stereocenters. The molecule has 0 aliphatic carbocycles. The van der Waals surface area contributed by atoms with Crippen LogP contribution in [0.4, 0.5) is 5.69 Å². The summed E-state index contributed by atoms with van der Waals surface area (Å²) >= 11 is 0. The van der Waals surface area contributed by atoms with Gasteiger partial charge in [-0.05, 0) is 25.0 Å². The van der Waals surface area contributed by atoms with Gasteiger partial charge in [-0.1, -0.05) is 18.6 Å². The summed E-state index contributed by atoms with van der Waals surface area (Å²) in [5.74, 6) is 1.39. The van der Waals surface area contributed by atoms with Crippen LogP contribution in [0.1, 0.15) is 37.9 Å². The Morgan fingerprint density at radius 3 is 2.88 bits per heavy atom. The largest absolute Gasteiger partial charge is 0.321 e. The first-order chi connectivity index (χ1) is 12.7. The smallest absolute Gasteiger partial charge is 0.271 e. The van der Waals surface area contributed by atoms with Gasteiger partial charge in [-0.2, -0.15) is 5.10 Å². The molecule has 8 nitrogen and oxygen atoms in total. The number of nitrogens with one attached hydrogen (secondary N) is 2. The molecule has 134 valence electrons. The van der Waals surface area contributed by atoms with E-state index in [2.05, 4.69) is 30.6 Å². The number of aryl methyl sites for hydroxylation is 1. The molecule has 0 unspecified atom stereocenters. The molecule has 1 aromatic heterocycles. The molecule has 0 saturated heterocycles. The number of hydrogen-bond acceptors (Lipinski definition) is 5. The van der Waals surface area contributed by atoms with Gasteiger partial charge in [-0.15, -0.1) is 10.2 Å². The van der Waals surface area contributed by atoms with Crippen molar-refractivity contribution in [3.63, 3.8) is 0 Å². The molecule has 2 aromatic rings. The topological polar surface area (TPSA) is 101 Å². The van der Waals surface area contributed by atoms with Crippen LogP contribution >= 0.6 is 0 Å². The molecule has 0 bridgehead atoms. The van der Waals surface area contributed by atoms with Gasteiger partial charge in [0.1, 0.15) is 11.5 Å². The van der Waals surface area contributed by atoms with E-state index in [1.807, 2.05) is 24.3 Å². The van der Waals surface area contributed by atoms with Gasteiger partial charge < -0.3 is 9.88 Å². The standard InChI is InChI=1S/C18H20N6O2/c25-16-9-8-14(20-22-16)18(26)19-13-6-4-5-12(11-13)17-23-21-15-7-2-1-3-10-24(15)17/h4-6,11H,1-3,7-10H2,(H,19,26)(H,22,25).